The van der Waals surface area contributed by atoms with Gasteiger partial charge in [-0.25, -0.2) is 12.7 Å². The molecule has 0 spiro atoms. The van der Waals surface area contributed by atoms with Crippen molar-refractivity contribution in [2.75, 3.05) is 11.4 Å². The number of nitrogens with zero attached hydrogens (tertiary/aromatic N) is 2. The van der Waals surface area contributed by atoms with Crippen LogP contribution in [0, 0.1) is 17.0 Å². The largest absolute Gasteiger partial charge is 0.497 e. The first-order chi connectivity index (χ1) is 14.8. The Morgan fingerprint density at radius 3 is 2.23 bits per heavy atom. The Bertz CT molecular complexity index is 1270. The van der Waals surface area contributed by atoms with Gasteiger partial charge in [0.05, 0.1) is 22.6 Å². The molecular formula is C23H20N2O5S. The minimum absolute atomic E-state index is 0.0658. The number of hydrogen-bond donors (Lipinski definition) is 0. The van der Waals surface area contributed by atoms with Crippen LogP contribution in [-0.4, -0.2) is 20.5 Å². The van der Waals surface area contributed by atoms with Crippen molar-refractivity contribution in [1.29, 1.82) is 0 Å². The molecule has 1 aliphatic rings. The Morgan fingerprint density at radius 2 is 1.61 bits per heavy atom. The normalized spacial score (nSPS) is 15.7. The van der Waals surface area contributed by atoms with E-state index in [1.54, 1.807) is 60.7 Å². The molecule has 0 saturated carbocycles. The van der Waals surface area contributed by atoms with Gasteiger partial charge in [-0.05, 0) is 42.8 Å². The van der Waals surface area contributed by atoms with Crippen LogP contribution in [0.25, 0.3) is 6.08 Å². The molecule has 0 saturated heterocycles. The molecule has 3 aromatic rings. The minimum Gasteiger partial charge on any atom is -0.497 e. The number of aryl methyl sites for hydroxylation is 1. The molecule has 0 bridgehead atoms. The van der Waals surface area contributed by atoms with Gasteiger partial charge in [0.1, 0.15) is 5.75 Å². The number of fused-ring (bicyclic) bond motifs is 1. The zero-order chi connectivity index (χ0) is 22.2. The fourth-order valence-corrected chi connectivity index (χ4v) is 5.28. The molecule has 0 fully saturated rings. The first kappa shape index (κ1) is 20.6. The van der Waals surface area contributed by atoms with Crippen LogP contribution < -0.4 is 9.04 Å². The third-order valence-corrected chi connectivity index (χ3v) is 7.01. The number of benzene rings is 3. The molecule has 0 unspecified atom stereocenters. The van der Waals surface area contributed by atoms with Crippen molar-refractivity contribution < 1.29 is 18.1 Å². The maximum absolute atomic E-state index is 13.8. The number of anilines is 1. The summed E-state index contributed by atoms with van der Waals surface area (Å²) in [5, 5.41) is 12.0. The summed E-state index contributed by atoms with van der Waals surface area (Å²) < 4.78 is 33.9. The summed E-state index contributed by atoms with van der Waals surface area (Å²) in [5.74, 6) is 0.569. The van der Waals surface area contributed by atoms with Crippen molar-refractivity contribution in [2.24, 2.45) is 0 Å². The van der Waals surface area contributed by atoms with Crippen molar-refractivity contribution in [3.8, 4) is 5.75 Å². The monoisotopic (exact) mass is 436 g/mol. The number of hydrogen-bond acceptors (Lipinski definition) is 5. The van der Waals surface area contributed by atoms with E-state index in [2.05, 4.69) is 0 Å². The van der Waals surface area contributed by atoms with E-state index in [-0.39, 0.29) is 10.6 Å². The summed E-state index contributed by atoms with van der Waals surface area (Å²) in [6, 6.07) is 18.7. The molecule has 7 nitrogen and oxygen atoms in total. The zero-order valence-corrected chi connectivity index (χ0v) is 17.7. The fourth-order valence-electron chi connectivity index (χ4n) is 3.64. The van der Waals surface area contributed by atoms with E-state index < -0.39 is 21.0 Å². The highest BCUT2D eigenvalue weighted by Crippen LogP contribution is 2.44. The number of methoxy groups -OCH3 is 1. The molecule has 0 radical (unpaired) electrons. The number of para-hydroxylation sites is 1. The molecular weight excluding hydrogens is 416 g/mol. The van der Waals surface area contributed by atoms with Crippen LogP contribution in [0.5, 0.6) is 5.75 Å². The third kappa shape index (κ3) is 3.66. The van der Waals surface area contributed by atoms with Gasteiger partial charge in [0.2, 0.25) is 0 Å². The Morgan fingerprint density at radius 1 is 0.968 bits per heavy atom. The van der Waals surface area contributed by atoms with Crippen LogP contribution in [0.1, 0.15) is 22.7 Å². The van der Waals surface area contributed by atoms with Crippen LogP contribution in [0.3, 0.4) is 0 Å². The Hall–Kier alpha value is -3.65. The SMILES string of the molecule is COc1ccc([C@H]2C([N+](=O)[O-])=Cc3ccccc3N2S(=O)(=O)c2ccc(C)cc2)cc1. The molecule has 158 valence electrons. The third-order valence-electron chi connectivity index (χ3n) is 5.21. The molecule has 1 aliphatic heterocycles. The van der Waals surface area contributed by atoms with Crippen LogP contribution >= 0.6 is 0 Å². The first-order valence-electron chi connectivity index (χ1n) is 9.53. The minimum atomic E-state index is -4.11. The van der Waals surface area contributed by atoms with Gasteiger partial charge in [0.15, 0.2) is 6.04 Å². The lowest BCUT2D eigenvalue weighted by molar-refractivity contribution is -0.428. The average Bonchev–Trinajstić information content (AvgIpc) is 2.78. The molecule has 4 rings (SSSR count). The van der Waals surface area contributed by atoms with E-state index in [0.29, 0.717) is 22.6 Å². The quantitative estimate of drug-likeness (QED) is 0.432. The predicted octanol–water partition coefficient (Wildman–Crippen LogP) is 4.57. The van der Waals surface area contributed by atoms with Crippen LogP contribution in [-0.2, 0) is 10.0 Å². The van der Waals surface area contributed by atoms with Crippen molar-refractivity contribution in [3.63, 3.8) is 0 Å². The van der Waals surface area contributed by atoms with Gasteiger partial charge in [-0.1, -0.05) is 48.0 Å². The highest BCUT2D eigenvalue weighted by molar-refractivity contribution is 7.92. The van der Waals surface area contributed by atoms with Gasteiger partial charge in [-0.2, -0.15) is 0 Å². The lowest BCUT2D eigenvalue weighted by Gasteiger charge is -2.35. The van der Waals surface area contributed by atoms with Gasteiger partial charge >= 0.3 is 0 Å². The topological polar surface area (TPSA) is 89.8 Å². The number of rotatable bonds is 5. The number of nitro groups is 1. The highest BCUT2D eigenvalue weighted by atomic mass is 32.2. The molecule has 1 heterocycles. The van der Waals surface area contributed by atoms with E-state index >= 15 is 0 Å². The van der Waals surface area contributed by atoms with Gasteiger partial charge in [-0.15, -0.1) is 0 Å². The average molecular weight is 436 g/mol. The molecule has 3 aromatic carbocycles. The second-order valence-electron chi connectivity index (χ2n) is 7.17. The molecule has 0 N–H and O–H groups in total. The molecule has 8 heteroatoms. The van der Waals surface area contributed by atoms with Crippen LogP contribution in [0.2, 0.25) is 0 Å². The van der Waals surface area contributed by atoms with E-state index in [0.717, 1.165) is 9.87 Å². The van der Waals surface area contributed by atoms with Gasteiger partial charge in [0, 0.05) is 11.6 Å². The summed E-state index contributed by atoms with van der Waals surface area (Å²) in [7, 11) is -2.60. The summed E-state index contributed by atoms with van der Waals surface area (Å²) >= 11 is 0. The second-order valence-corrected chi connectivity index (χ2v) is 8.99. The van der Waals surface area contributed by atoms with E-state index in [4.69, 9.17) is 4.74 Å². The summed E-state index contributed by atoms with van der Waals surface area (Å²) in [6.45, 7) is 1.86. The molecule has 1 atom stereocenters. The van der Waals surface area contributed by atoms with Gasteiger partial charge in [0.25, 0.3) is 15.7 Å². The van der Waals surface area contributed by atoms with E-state index in [1.807, 2.05) is 6.92 Å². The standard InChI is InChI=1S/C23H20N2O5S/c1-16-7-13-20(14-8-16)31(28,29)24-21-6-4-3-5-18(21)15-22(25(26)27)23(24)17-9-11-19(30-2)12-10-17/h3-15,23H,1-2H3/t23-/m0/s1. The van der Waals surface area contributed by atoms with Gasteiger partial charge < -0.3 is 4.74 Å². The maximum Gasteiger partial charge on any atom is 0.274 e. The second kappa shape index (κ2) is 7.88. The van der Waals surface area contributed by atoms with Crippen molar-refractivity contribution in [3.05, 3.63) is 105 Å². The highest BCUT2D eigenvalue weighted by Gasteiger charge is 2.43. The molecule has 31 heavy (non-hydrogen) atoms. The molecule has 0 aliphatic carbocycles. The Kier molecular flexibility index (Phi) is 5.24. The lowest BCUT2D eigenvalue weighted by atomic mass is 9.97. The first-order valence-corrected chi connectivity index (χ1v) is 11.0. The van der Waals surface area contributed by atoms with E-state index in [9.17, 15) is 18.5 Å². The van der Waals surface area contributed by atoms with E-state index in [1.165, 1.54) is 25.3 Å². The Balaban J connectivity index is 1.98. The summed E-state index contributed by atoms with van der Waals surface area (Å²) in [4.78, 5) is 11.6. The smallest absolute Gasteiger partial charge is 0.274 e. The number of sulfonamides is 1. The van der Waals surface area contributed by atoms with Crippen molar-refractivity contribution in [2.45, 2.75) is 17.9 Å². The van der Waals surface area contributed by atoms with Crippen LogP contribution in [0.4, 0.5) is 5.69 Å². The fraction of sp³-hybridized carbons (Fsp3) is 0.130. The zero-order valence-electron chi connectivity index (χ0n) is 16.9. The molecule has 0 amide bonds. The van der Waals surface area contributed by atoms with Crippen molar-refractivity contribution >= 4 is 21.8 Å². The molecule has 0 aromatic heterocycles. The maximum atomic E-state index is 13.8. The predicted molar refractivity (Wildman–Crippen MR) is 118 cm³/mol. The van der Waals surface area contributed by atoms with Crippen molar-refractivity contribution in [1.82, 2.24) is 0 Å². The lowest BCUT2D eigenvalue weighted by Crippen LogP contribution is -2.39. The number of ether oxygens (including phenoxy) is 1. The summed E-state index contributed by atoms with van der Waals surface area (Å²) in [6.07, 6.45) is 1.44. The van der Waals surface area contributed by atoms with Crippen LogP contribution in [0.15, 0.2) is 83.4 Å². The summed E-state index contributed by atoms with van der Waals surface area (Å²) in [5.41, 5.74) is 2.01. The Labute approximate surface area is 180 Å². The van der Waals surface area contributed by atoms with Gasteiger partial charge in [-0.3, -0.25) is 10.1 Å².